The molecule has 0 amide bonds. The average molecular weight is 897 g/mol. The van der Waals surface area contributed by atoms with Crippen LogP contribution in [-0.2, 0) is 14.3 Å². The topological polar surface area (TPSA) is 541 Å². The molecular weight excluding hydrogens is 832 g/mol. The van der Waals surface area contributed by atoms with Crippen LogP contribution >= 0.6 is 0 Å². The summed E-state index contributed by atoms with van der Waals surface area (Å²) in [7, 11) is 0. The van der Waals surface area contributed by atoms with E-state index in [0.29, 0.717) is 0 Å². The summed E-state index contributed by atoms with van der Waals surface area (Å²) in [6.45, 7) is -2.56. The SMILES string of the molecule is O=C[C@H](O)[C@@H](O)[C@H](O)[C@H](O)CO.OC[C@@H](O)[C@H]1O[C@@H](O)[C@H](O)[C@H]1O.OC[C@@H](O)[C@H]1O[C@H](O)[C@H](O)[C@H]1O.OC[C@H]1C[C@@H](O)[C@H](O)[C@@H](O)[C@@H]1O.OC[C@H]1C[C@H](O)[C@H](O)[C@@H](O)[C@@H]1O. The zero-order valence-electron chi connectivity index (χ0n) is 31.8. The van der Waals surface area contributed by atoms with E-state index in [1.165, 1.54) is 0 Å². The standard InChI is InChI=1S/2C7H14O5.3C6H12O6/c2*8-2-3-1-4(9)6(11)7(12)5(3)10;2*7-1-2(8)5-3(9)4(10)6(11)12-5;7-1-3(9)5(11)6(12)4(10)2-8/h2*3-12H,1-2H2;2*2-11H,1H2;1,3-6,8-12H,2H2/t3-,4+,5-,6+,7+;3-,4-,5-,6+,7+;2-,3-,4-,5-,6+;2-,3-,4-,5-,6-;3-,4+,5+,6+/m11110/s1. The average Bonchev–Trinajstić information content (AvgIpc) is 3.66. The van der Waals surface area contributed by atoms with E-state index in [4.69, 9.17) is 117 Å². The Morgan fingerprint density at radius 2 is 0.767 bits per heavy atom. The van der Waals surface area contributed by atoms with Crippen LogP contribution in [0.2, 0.25) is 0 Å². The molecule has 2 saturated heterocycles. The van der Waals surface area contributed by atoms with Gasteiger partial charge in [-0.15, -0.1) is 0 Å². The Bertz CT molecular complexity index is 1050. The summed E-state index contributed by atoms with van der Waals surface area (Å²) in [5.41, 5.74) is 0. The van der Waals surface area contributed by atoms with Crippen LogP contribution in [0, 0.1) is 11.8 Å². The third-order valence-electron chi connectivity index (χ3n) is 9.82. The number of ether oxygens (including phenoxy) is 2. The van der Waals surface area contributed by atoms with Crippen molar-refractivity contribution in [2.24, 2.45) is 11.8 Å². The van der Waals surface area contributed by atoms with Crippen LogP contribution < -0.4 is 0 Å². The van der Waals surface area contributed by atoms with E-state index in [1.54, 1.807) is 0 Å². The lowest BCUT2D eigenvalue weighted by Crippen LogP contribution is -2.54. The Morgan fingerprint density at radius 1 is 0.433 bits per heavy atom. The van der Waals surface area contributed by atoms with Crippen molar-refractivity contribution >= 4 is 6.29 Å². The maximum atomic E-state index is 9.90. The van der Waals surface area contributed by atoms with Crippen LogP contribution in [0.25, 0.3) is 0 Å². The molecule has 0 spiro atoms. The Balaban J connectivity index is 0.000000725. The Labute approximate surface area is 340 Å². The number of rotatable bonds is 11. The van der Waals surface area contributed by atoms with E-state index < -0.39 is 166 Å². The third-order valence-corrected chi connectivity index (χ3v) is 9.82. The van der Waals surface area contributed by atoms with Crippen molar-refractivity contribution in [3.8, 4) is 0 Å². The van der Waals surface area contributed by atoms with Gasteiger partial charge in [0.2, 0.25) is 0 Å². The van der Waals surface area contributed by atoms with Crippen LogP contribution in [0.15, 0.2) is 0 Å². The van der Waals surface area contributed by atoms with Gasteiger partial charge >= 0.3 is 0 Å². The molecule has 0 radical (unpaired) electrons. The van der Waals surface area contributed by atoms with Gasteiger partial charge in [-0.05, 0) is 12.8 Å². The number of hydrogen-bond donors (Lipinski definition) is 25. The molecule has 0 bridgehead atoms. The van der Waals surface area contributed by atoms with Gasteiger partial charge in [0.15, 0.2) is 18.9 Å². The second kappa shape index (κ2) is 28.4. The zero-order valence-corrected chi connectivity index (χ0v) is 31.8. The maximum Gasteiger partial charge on any atom is 0.184 e. The van der Waals surface area contributed by atoms with Crippen LogP contribution in [0.3, 0.4) is 0 Å². The van der Waals surface area contributed by atoms with E-state index >= 15 is 0 Å². The number of carbonyl (C=O) groups excluding carboxylic acids is 1. The number of aliphatic hydroxyl groups is 25. The van der Waals surface area contributed by atoms with Gasteiger partial charge in [-0.25, -0.2) is 0 Å². The second-order valence-corrected chi connectivity index (χ2v) is 14.2. The van der Waals surface area contributed by atoms with Crippen LogP contribution in [0.1, 0.15) is 12.8 Å². The molecular formula is C32H64O28. The predicted octanol–water partition coefficient (Wildman–Crippen LogP) is -14.9. The molecule has 4 fully saturated rings. The minimum absolute atomic E-state index is 0.0258. The van der Waals surface area contributed by atoms with Crippen LogP contribution in [0.4, 0.5) is 0 Å². The Kier molecular flexibility index (Phi) is 27.7. The van der Waals surface area contributed by atoms with E-state index in [1.807, 2.05) is 0 Å². The van der Waals surface area contributed by atoms with Gasteiger partial charge in [-0.3, -0.25) is 0 Å². The largest absolute Gasteiger partial charge is 0.396 e. The molecule has 2 aliphatic carbocycles. The fourth-order valence-electron chi connectivity index (χ4n) is 5.79. The summed E-state index contributed by atoms with van der Waals surface area (Å²) in [5, 5.41) is 223. The maximum absolute atomic E-state index is 9.90. The fraction of sp³-hybridized carbons (Fsp3) is 0.969. The number of hydrogen-bond acceptors (Lipinski definition) is 28. The molecule has 4 aliphatic rings. The number of carbonyl (C=O) groups is 1. The van der Waals surface area contributed by atoms with Crippen molar-refractivity contribution in [2.75, 3.05) is 33.0 Å². The lowest BCUT2D eigenvalue weighted by molar-refractivity contribution is -0.163. The summed E-state index contributed by atoms with van der Waals surface area (Å²) in [4.78, 5) is 9.90. The highest BCUT2D eigenvalue weighted by Gasteiger charge is 2.46. The van der Waals surface area contributed by atoms with Crippen molar-refractivity contribution in [1.29, 1.82) is 0 Å². The van der Waals surface area contributed by atoms with E-state index in [2.05, 4.69) is 9.47 Å². The summed E-state index contributed by atoms with van der Waals surface area (Å²) in [6, 6.07) is 0. The van der Waals surface area contributed by atoms with Crippen molar-refractivity contribution in [2.45, 2.75) is 148 Å². The van der Waals surface area contributed by atoms with Crippen molar-refractivity contribution in [3.05, 3.63) is 0 Å². The minimum Gasteiger partial charge on any atom is -0.396 e. The van der Waals surface area contributed by atoms with E-state index in [-0.39, 0.29) is 32.3 Å². The molecule has 28 nitrogen and oxygen atoms in total. The van der Waals surface area contributed by atoms with Gasteiger partial charge in [0, 0.05) is 25.0 Å². The quantitative estimate of drug-likeness (QED) is 0.0856. The van der Waals surface area contributed by atoms with E-state index in [0.717, 1.165) is 0 Å². The molecule has 25 N–H and O–H groups in total. The molecule has 0 aromatic rings. The highest BCUT2D eigenvalue weighted by atomic mass is 16.7. The molecule has 0 unspecified atom stereocenters. The molecule has 4 rings (SSSR count). The van der Waals surface area contributed by atoms with Gasteiger partial charge in [0.1, 0.15) is 97.7 Å². The van der Waals surface area contributed by atoms with Crippen LogP contribution in [0.5, 0.6) is 0 Å². The Morgan fingerprint density at radius 3 is 1.00 bits per heavy atom. The lowest BCUT2D eigenvalue weighted by atomic mass is 9.81. The monoisotopic (exact) mass is 896 g/mol. The molecule has 28 heteroatoms. The van der Waals surface area contributed by atoms with Gasteiger partial charge in [-0.1, -0.05) is 0 Å². The van der Waals surface area contributed by atoms with Gasteiger partial charge in [0.25, 0.3) is 0 Å². The molecule has 360 valence electrons. The molecule has 60 heavy (non-hydrogen) atoms. The first-order chi connectivity index (χ1) is 27.8. The predicted molar refractivity (Wildman–Crippen MR) is 188 cm³/mol. The summed E-state index contributed by atoms with van der Waals surface area (Å²) < 4.78 is 9.17. The number of aldehydes is 1. The minimum atomic E-state index is -1.79. The first-order valence-electron chi connectivity index (χ1n) is 18.3. The molecule has 2 saturated carbocycles. The Hall–Kier alpha value is -1.41. The normalized spacial score (nSPS) is 41.8. The van der Waals surface area contributed by atoms with Gasteiger partial charge in [-0.2, -0.15) is 0 Å². The van der Waals surface area contributed by atoms with E-state index in [9.17, 15) is 15.0 Å². The second-order valence-electron chi connectivity index (χ2n) is 14.2. The highest BCUT2D eigenvalue weighted by molar-refractivity contribution is 5.56. The summed E-state index contributed by atoms with van der Waals surface area (Å²) >= 11 is 0. The number of aliphatic hydroxyl groups excluding tert-OH is 25. The van der Waals surface area contributed by atoms with Gasteiger partial charge < -0.3 is 142 Å². The summed E-state index contributed by atoms with van der Waals surface area (Å²) in [6.07, 6.45) is -30.0. The van der Waals surface area contributed by atoms with Crippen molar-refractivity contribution in [3.63, 3.8) is 0 Å². The molecule has 24 atom stereocenters. The summed E-state index contributed by atoms with van der Waals surface area (Å²) in [5.74, 6) is -1.11. The molecule has 2 aliphatic heterocycles. The zero-order chi connectivity index (χ0) is 46.9. The van der Waals surface area contributed by atoms with Gasteiger partial charge in [0.05, 0.1) is 44.2 Å². The first-order valence-corrected chi connectivity index (χ1v) is 18.3. The lowest BCUT2D eigenvalue weighted by Gasteiger charge is -2.37. The fourth-order valence-corrected chi connectivity index (χ4v) is 5.79. The van der Waals surface area contributed by atoms with Crippen LogP contribution in [-0.4, -0.2) is 302 Å². The highest BCUT2D eigenvalue weighted by Crippen LogP contribution is 2.27. The third kappa shape index (κ3) is 16.6. The molecule has 2 heterocycles. The van der Waals surface area contributed by atoms with Crippen molar-refractivity contribution < 1.29 is 142 Å². The van der Waals surface area contributed by atoms with Crippen molar-refractivity contribution in [1.82, 2.24) is 0 Å². The first kappa shape index (κ1) is 58.6. The molecule has 0 aromatic carbocycles. The molecule has 0 aromatic heterocycles. The smallest absolute Gasteiger partial charge is 0.184 e.